The second-order valence-electron chi connectivity index (χ2n) is 7.49. The Kier molecular flexibility index (Phi) is 8.29. The van der Waals surface area contributed by atoms with Crippen LogP contribution in [0.4, 0.5) is 5.69 Å². The maximum atomic E-state index is 12.8. The molecular formula is C23H32N2O4S. The number of carbonyl (C=O) groups excluding carboxylic acids is 1. The molecule has 0 saturated heterocycles. The van der Waals surface area contributed by atoms with Gasteiger partial charge < -0.3 is 10.1 Å². The van der Waals surface area contributed by atoms with E-state index in [4.69, 9.17) is 4.74 Å². The number of methoxy groups -OCH3 is 1. The van der Waals surface area contributed by atoms with Crippen LogP contribution in [0, 0.1) is 13.8 Å². The van der Waals surface area contributed by atoms with E-state index in [-0.39, 0.29) is 5.91 Å². The number of benzene rings is 2. The molecule has 1 amide bonds. The highest BCUT2D eigenvalue weighted by Gasteiger charge is 2.31. The van der Waals surface area contributed by atoms with Gasteiger partial charge in [0.1, 0.15) is 11.8 Å². The van der Waals surface area contributed by atoms with Gasteiger partial charge in [0.15, 0.2) is 0 Å². The molecule has 0 unspecified atom stereocenters. The van der Waals surface area contributed by atoms with Crippen molar-refractivity contribution in [2.45, 2.75) is 46.1 Å². The minimum atomic E-state index is -3.62. The molecule has 1 atom stereocenters. The van der Waals surface area contributed by atoms with E-state index in [9.17, 15) is 13.2 Å². The Labute approximate surface area is 180 Å². The average Bonchev–Trinajstić information content (AvgIpc) is 2.71. The van der Waals surface area contributed by atoms with Gasteiger partial charge in [-0.05, 0) is 74.1 Å². The van der Waals surface area contributed by atoms with Crippen LogP contribution in [-0.2, 0) is 21.2 Å². The molecule has 0 aliphatic rings. The average molecular weight is 433 g/mol. The minimum Gasteiger partial charge on any atom is -0.497 e. The summed E-state index contributed by atoms with van der Waals surface area (Å²) in [4.78, 5) is 12.8. The highest BCUT2D eigenvalue weighted by atomic mass is 32.2. The Balaban J connectivity index is 2.05. The number of anilines is 1. The van der Waals surface area contributed by atoms with Crippen molar-refractivity contribution in [1.82, 2.24) is 5.32 Å². The molecule has 2 aromatic carbocycles. The molecule has 0 aliphatic carbocycles. The fourth-order valence-corrected chi connectivity index (χ4v) is 4.54. The van der Waals surface area contributed by atoms with E-state index in [0.717, 1.165) is 41.5 Å². The van der Waals surface area contributed by atoms with Gasteiger partial charge in [-0.1, -0.05) is 25.1 Å². The van der Waals surface area contributed by atoms with Crippen LogP contribution in [0.1, 0.15) is 36.5 Å². The third kappa shape index (κ3) is 6.23. The second kappa shape index (κ2) is 10.5. The van der Waals surface area contributed by atoms with E-state index in [1.54, 1.807) is 13.2 Å². The monoisotopic (exact) mass is 432 g/mol. The fraction of sp³-hybridized carbons (Fsp3) is 0.435. The van der Waals surface area contributed by atoms with Crippen LogP contribution in [0.3, 0.4) is 0 Å². The van der Waals surface area contributed by atoms with E-state index >= 15 is 0 Å². The number of carbonyl (C=O) groups is 1. The summed E-state index contributed by atoms with van der Waals surface area (Å²) in [6.45, 7) is 6.20. The summed E-state index contributed by atoms with van der Waals surface area (Å²) in [5, 5.41) is 2.91. The number of nitrogens with one attached hydrogen (secondary N) is 1. The van der Waals surface area contributed by atoms with Gasteiger partial charge in [0.25, 0.3) is 0 Å². The van der Waals surface area contributed by atoms with Gasteiger partial charge in [0.2, 0.25) is 15.9 Å². The zero-order valence-electron chi connectivity index (χ0n) is 18.4. The fourth-order valence-electron chi connectivity index (χ4n) is 3.34. The minimum absolute atomic E-state index is 0.282. The molecule has 2 rings (SSSR count). The first-order valence-corrected chi connectivity index (χ1v) is 12.0. The molecule has 164 valence electrons. The summed E-state index contributed by atoms with van der Waals surface area (Å²) < 4.78 is 31.5. The van der Waals surface area contributed by atoms with E-state index < -0.39 is 16.1 Å². The Bertz CT molecular complexity index is 956. The van der Waals surface area contributed by atoms with E-state index in [1.165, 1.54) is 4.31 Å². The second-order valence-corrected chi connectivity index (χ2v) is 9.35. The molecule has 1 N–H and O–H groups in total. The van der Waals surface area contributed by atoms with Crippen molar-refractivity contribution in [3.8, 4) is 5.75 Å². The molecular weight excluding hydrogens is 400 g/mol. The molecule has 30 heavy (non-hydrogen) atoms. The van der Waals surface area contributed by atoms with Gasteiger partial charge in [0.05, 0.1) is 19.1 Å². The van der Waals surface area contributed by atoms with Gasteiger partial charge in [-0.3, -0.25) is 9.10 Å². The van der Waals surface area contributed by atoms with E-state index in [2.05, 4.69) is 5.32 Å². The smallest absolute Gasteiger partial charge is 0.243 e. The summed E-state index contributed by atoms with van der Waals surface area (Å²) in [6, 6.07) is 12.5. The standard InChI is InChI=1S/C23H32N2O4S/c1-6-22(25(30(5,27)28)20-12-9-17(2)18(3)16-20)23(26)24-15-7-8-19-10-13-21(29-4)14-11-19/h9-14,16,22H,6-8,15H2,1-5H3,(H,24,26)/t22-/m1/s1. The van der Waals surface area contributed by atoms with Crippen molar-refractivity contribution in [2.24, 2.45) is 0 Å². The number of rotatable bonds is 10. The molecule has 7 heteroatoms. The molecule has 0 aliphatic heterocycles. The molecule has 2 aromatic rings. The van der Waals surface area contributed by atoms with Crippen LogP contribution in [0.5, 0.6) is 5.75 Å². The van der Waals surface area contributed by atoms with Crippen LogP contribution < -0.4 is 14.4 Å². The lowest BCUT2D eigenvalue weighted by molar-refractivity contribution is -0.122. The SMILES string of the molecule is CC[C@H](C(=O)NCCCc1ccc(OC)cc1)N(c1ccc(C)c(C)c1)S(C)(=O)=O. The number of nitrogens with zero attached hydrogens (tertiary/aromatic N) is 1. The summed E-state index contributed by atoms with van der Waals surface area (Å²) in [5.41, 5.74) is 3.73. The summed E-state index contributed by atoms with van der Waals surface area (Å²) in [7, 11) is -1.99. The van der Waals surface area contributed by atoms with E-state index in [1.807, 2.05) is 57.2 Å². The number of ether oxygens (including phenoxy) is 1. The van der Waals surface area contributed by atoms with Gasteiger partial charge in [-0.25, -0.2) is 8.42 Å². The van der Waals surface area contributed by atoms with Crippen molar-refractivity contribution in [2.75, 3.05) is 24.2 Å². The molecule has 0 aromatic heterocycles. The number of hydrogen-bond acceptors (Lipinski definition) is 4. The molecule has 0 saturated carbocycles. The number of amides is 1. The zero-order valence-corrected chi connectivity index (χ0v) is 19.3. The lowest BCUT2D eigenvalue weighted by Crippen LogP contribution is -2.49. The molecule has 0 radical (unpaired) electrons. The van der Waals surface area contributed by atoms with Gasteiger partial charge in [-0.15, -0.1) is 0 Å². The largest absolute Gasteiger partial charge is 0.497 e. The zero-order chi connectivity index (χ0) is 22.3. The molecule has 6 nitrogen and oxygen atoms in total. The van der Waals surface area contributed by atoms with Gasteiger partial charge in [-0.2, -0.15) is 0 Å². The predicted octanol–water partition coefficient (Wildman–Crippen LogP) is 3.61. The van der Waals surface area contributed by atoms with Crippen molar-refractivity contribution >= 4 is 21.6 Å². The Morgan fingerprint density at radius 1 is 1.10 bits per heavy atom. The van der Waals surface area contributed by atoms with Crippen LogP contribution >= 0.6 is 0 Å². The van der Waals surface area contributed by atoms with Crippen LogP contribution in [0.25, 0.3) is 0 Å². The van der Waals surface area contributed by atoms with Crippen LogP contribution in [-0.4, -0.2) is 40.3 Å². The number of sulfonamides is 1. The summed E-state index contributed by atoms with van der Waals surface area (Å²) in [5.74, 6) is 0.529. The van der Waals surface area contributed by atoms with Gasteiger partial charge in [0, 0.05) is 6.54 Å². The summed E-state index contributed by atoms with van der Waals surface area (Å²) >= 11 is 0. The van der Waals surface area contributed by atoms with Crippen LogP contribution in [0.15, 0.2) is 42.5 Å². The first kappa shape index (κ1) is 23.7. The maximum Gasteiger partial charge on any atom is 0.243 e. The third-order valence-electron chi connectivity index (χ3n) is 5.18. The lowest BCUT2D eigenvalue weighted by Gasteiger charge is -2.30. The summed E-state index contributed by atoms with van der Waals surface area (Å²) in [6.07, 6.45) is 3.09. The first-order valence-electron chi connectivity index (χ1n) is 10.1. The highest BCUT2D eigenvalue weighted by Crippen LogP contribution is 2.25. The van der Waals surface area contributed by atoms with Crippen molar-refractivity contribution in [1.29, 1.82) is 0 Å². The molecule has 0 heterocycles. The number of hydrogen-bond donors (Lipinski definition) is 1. The predicted molar refractivity (Wildman–Crippen MR) is 122 cm³/mol. The first-order chi connectivity index (χ1) is 14.2. The Morgan fingerprint density at radius 3 is 2.30 bits per heavy atom. The highest BCUT2D eigenvalue weighted by molar-refractivity contribution is 7.92. The topological polar surface area (TPSA) is 75.7 Å². The normalized spacial score (nSPS) is 12.3. The number of aryl methyl sites for hydroxylation is 3. The van der Waals surface area contributed by atoms with Crippen molar-refractivity contribution in [3.05, 3.63) is 59.2 Å². The quantitative estimate of drug-likeness (QED) is 0.582. The van der Waals surface area contributed by atoms with Crippen molar-refractivity contribution < 1.29 is 17.9 Å². The molecule has 0 fully saturated rings. The van der Waals surface area contributed by atoms with E-state index in [0.29, 0.717) is 18.7 Å². The van der Waals surface area contributed by atoms with Crippen molar-refractivity contribution in [3.63, 3.8) is 0 Å². The lowest BCUT2D eigenvalue weighted by atomic mass is 10.1. The Morgan fingerprint density at radius 2 is 1.77 bits per heavy atom. The Hall–Kier alpha value is -2.54. The molecule has 0 spiro atoms. The third-order valence-corrected chi connectivity index (χ3v) is 6.36. The molecule has 0 bridgehead atoms. The van der Waals surface area contributed by atoms with Gasteiger partial charge >= 0.3 is 0 Å². The van der Waals surface area contributed by atoms with Crippen LogP contribution in [0.2, 0.25) is 0 Å². The maximum absolute atomic E-state index is 12.8.